The van der Waals surface area contributed by atoms with Crippen molar-refractivity contribution in [1.82, 2.24) is 0 Å². The molecule has 0 heterocycles. The lowest BCUT2D eigenvalue weighted by atomic mass is 9.82. The number of anilines is 1. The SMILES string of the molecule is NC1(C(=O)Nc2cccc([N+](=O)[O-])c2)CCCCC1. The van der Waals surface area contributed by atoms with Gasteiger partial charge in [-0.25, -0.2) is 0 Å². The van der Waals surface area contributed by atoms with Crippen LogP contribution in [0.3, 0.4) is 0 Å². The molecule has 6 heteroatoms. The number of benzene rings is 1. The van der Waals surface area contributed by atoms with Gasteiger partial charge < -0.3 is 11.1 Å². The monoisotopic (exact) mass is 263 g/mol. The minimum absolute atomic E-state index is 0.0486. The predicted molar refractivity (Wildman–Crippen MR) is 71.7 cm³/mol. The van der Waals surface area contributed by atoms with Gasteiger partial charge in [0, 0.05) is 17.8 Å². The fourth-order valence-electron chi connectivity index (χ4n) is 2.36. The highest BCUT2D eigenvalue weighted by atomic mass is 16.6. The Balaban J connectivity index is 2.10. The Bertz CT molecular complexity index is 496. The number of nitro benzene ring substituents is 1. The highest BCUT2D eigenvalue weighted by Crippen LogP contribution is 2.27. The second-order valence-electron chi connectivity index (χ2n) is 4.98. The number of nitrogens with two attached hydrogens (primary N) is 1. The molecule has 1 fully saturated rings. The minimum Gasteiger partial charge on any atom is -0.324 e. The third kappa shape index (κ3) is 3.08. The predicted octanol–water partition coefficient (Wildman–Crippen LogP) is 2.19. The zero-order valence-corrected chi connectivity index (χ0v) is 10.6. The van der Waals surface area contributed by atoms with Crippen molar-refractivity contribution in [3.8, 4) is 0 Å². The molecule has 1 aliphatic rings. The van der Waals surface area contributed by atoms with Crippen molar-refractivity contribution in [2.24, 2.45) is 5.73 Å². The van der Waals surface area contributed by atoms with E-state index in [2.05, 4.69) is 5.32 Å². The Morgan fingerprint density at radius 3 is 2.63 bits per heavy atom. The first-order chi connectivity index (χ1) is 9.01. The number of hydrogen-bond donors (Lipinski definition) is 2. The average molecular weight is 263 g/mol. The van der Waals surface area contributed by atoms with E-state index in [0.717, 1.165) is 19.3 Å². The molecule has 0 aromatic heterocycles. The van der Waals surface area contributed by atoms with E-state index in [-0.39, 0.29) is 11.6 Å². The van der Waals surface area contributed by atoms with Crippen LogP contribution in [0.15, 0.2) is 24.3 Å². The number of rotatable bonds is 3. The van der Waals surface area contributed by atoms with Gasteiger partial charge in [-0.3, -0.25) is 14.9 Å². The van der Waals surface area contributed by atoms with E-state index in [9.17, 15) is 14.9 Å². The molecule has 0 saturated heterocycles. The van der Waals surface area contributed by atoms with E-state index >= 15 is 0 Å². The van der Waals surface area contributed by atoms with Crippen molar-refractivity contribution < 1.29 is 9.72 Å². The summed E-state index contributed by atoms with van der Waals surface area (Å²) in [4.78, 5) is 22.3. The van der Waals surface area contributed by atoms with Gasteiger partial charge in [0.15, 0.2) is 0 Å². The maximum absolute atomic E-state index is 12.2. The summed E-state index contributed by atoms with van der Waals surface area (Å²) >= 11 is 0. The first-order valence-electron chi connectivity index (χ1n) is 6.36. The molecular weight excluding hydrogens is 246 g/mol. The molecule has 0 atom stereocenters. The lowest BCUT2D eigenvalue weighted by molar-refractivity contribution is -0.384. The Hall–Kier alpha value is -1.95. The van der Waals surface area contributed by atoms with Crippen LogP contribution in [0.1, 0.15) is 32.1 Å². The third-order valence-electron chi connectivity index (χ3n) is 3.51. The van der Waals surface area contributed by atoms with Gasteiger partial charge in [0.1, 0.15) is 0 Å². The summed E-state index contributed by atoms with van der Waals surface area (Å²) in [7, 11) is 0. The zero-order chi connectivity index (χ0) is 13.9. The normalized spacial score (nSPS) is 17.7. The van der Waals surface area contributed by atoms with Gasteiger partial charge in [-0.1, -0.05) is 25.3 Å². The van der Waals surface area contributed by atoms with Crippen molar-refractivity contribution in [2.45, 2.75) is 37.6 Å². The van der Waals surface area contributed by atoms with E-state index in [1.807, 2.05) is 0 Å². The lowest BCUT2D eigenvalue weighted by Gasteiger charge is -2.31. The molecule has 1 aliphatic carbocycles. The van der Waals surface area contributed by atoms with Gasteiger partial charge >= 0.3 is 0 Å². The van der Waals surface area contributed by atoms with E-state index in [1.165, 1.54) is 18.2 Å². The molecule has 1 amide bonds. The molecule has 0 spiro atoms. The summed E-state index contributed by atoms with van der Waals surface area (Å²) < 4.78 is 0. The number of amides is 1. The van der Waals surface area contributed by atoms with Crippen LogP contribution in [0, 0.1) is 10.1 Å². The first kappa shape index (κ1) is 13.5. The molecule has 0 bridgehead atoms. The van der Waals surface area contributed by atoms with Crippen LogP contribution in [0.2, 0.25) is 0 Å². The van der Waals surface area contributed by atoms with Gasteiger partial charge in [0.25, 0.3) is 5.69 Å². The smallest absolute Gasteiger partial charge is 0.271 e. The molecule has 6 nitrogen and oxygen atoms in total. The topological polar surface area (TPSA) is 98.3 Å². The summed E-state index contributed by atoms with van der Waals surface area (Å²) in [6, 6.07) is 5.88. The highest BCUT2D eigenvalue weighted by molar-refractivity contribution is 5.98. The minimum atomic E-state index is -0.844. The van der Waals surface area contributed by atoms with E-state index in [4.69, 9.17) is 5.73 Å². The highest BCUT2D eigenvalue weighted by Gasteiger charge is 2.35. The quantitative estimate of drug-likeness (QED) is 0.645. The Kier molecular flexibility index (Phi) is 3.80. The van der Waals surface area contributed by atoms with Gasteiger partial charge in [-0.15, -0.1) is 0 Å². The van der Waals surface area contributed by atoms with Gasteiger partial charge in [0.2, 0.25) is 5.91 Å². The first-order valence-corrected chi connectivity index (χ1v) is 6.36. The van der Waals surface area contributed by atoms with E-state index in [1.54, 1.807) is 6.07 Å². The number of carbonyl (C=O) groups is 1. The van der Waals surface area contributed by atoms with Crippen molar-refractivity contribution >= 4 is 17.3 Å². The summed E-state index contributed by atoms with van der Waals surface area (Å²) in [5, 5.41) is 13.4. The van der Waals surface area contributed by atoms with Crippen LogP contribution >= 0.6 is 0 Å². The van der Waals surface area contributed by atoms with Crippen molar-refractivity contribution in [2.75, 3.05) is 5.32 Å². The summed E-state index contributed by atoms with van der Waals surface area (Å²) in [6.45, 7) is 0. The molecule has 1 aromatic carbocycles. The number of nitrogens with zero attached hydrogens (tertiary/aromatic N) is 1. The van der Waals surface area contributed by atoms with Gasteiger partial charge in [-0.05, 0) is 18.9 Å². The maximum Gasteiger partial charge on any atom is 0.271 e. The van der Waals surface area contributed by atoms with Crippen LogP contribution in [0.4, 0.5) is 11.4 Å². The maximum atomic E-state index is 12.2. The van der Waals surface area contributed by atoms with Crippen molar-refractivity contribution in [3.05, 3.63) is 34.4 Å². The summed E-state index contributed by atoms with van der Waals surface area (Å²) in [5.74, 6) is -0.257. The molecule has 2 rings (SSSR count). The molecule has 3 N–H and O–H groups in total. The van der Waals surface area contributed by atoms with Gasteiger partial charge in [-0.2, -0.15) is 0 Å². The molecular formula is C13H17N3O3. The second kappa shape index (κ2) is 5.36. The average Bonchev–Trinajstić information content (AvgIpc) is 2.40. The van der Waals surface area contributed by atoms with Crippen LogP contribution in [-0.2, 0) is 4.79 Å². The Labute approximate surface area is 111 Å². The molecule has 102 valence electrons. The largest absolute Gasteiger partial charge is 0.324 e. The third-order valence-corrected chi connectivity index (χ3v) is 3.51. The number of nitrogens with one attached hydrogen (secondary N) is 1. The zero-order valence-electron chi connectivity index (χ0n) is 10.6. The molecule has 0 radical (unpaired) electrons. The second-order valence-corrected chi connectivity index (χ2v) is 4.98. The van der Waals surface area contributed by atoms with Crippen LogP contribution in [0.5, 0.6) is 0 Å². The molecule has 0 aliphatic heterocycles. The van der Waals surface area contributed by atoms with Crippen LogP contribution in [0.25, 0.3) is 0 Å². The fraction of sp³-hybridized carbons (Fsp3) is 0.462. The molecule has 1 saturated carbocycles. The van der Waals surface area contributed by atoms with Crippen molar-refractivity contribution in [3.63, 3.8) is 0 Å². The number of nitro groups is 1. The summed E-state index contributed by atoms with van der Waals surface area (Å²) in [6.07, 6.45) is 4.31. The Morgan fingerprint density at radius 2 is 2.00 bits per heavy atom. The van der Waals surface area contributed by atoms with Gasteiger partial charge in [0.05, 0.1) is 10.5 Å². The number of non-ortho nitro benzene ring substituents is 1. The van der Waals surface area contributed by atoms with E-state index in [0.29, 0.717) is 18.5 Å². The van der Waals surface area contributed by atoms with Crippen LogP contribution < -0.4 is 11.1 Å². The summed E-state index contributed by atoms with van der Waals surface area (Å²) in [5.41, 5.74) is 5.62. The van der Waals surface area contributed by atoms with E-state index < -0.39 is 10.5 Å². The van der Waals surface area contributed by atoms with Crippen LogP contribution in [-0.4, -0.2) is 16.4 Å². The fourth-order valence-corrected chi connectivity index (χ4v) is 2.36. The standard InChI is InChI=1S/C13H17N3O3/c14-13(7-2-1-3-8-13)12(17)15-10-5-4-6-11(9-10)16(18)19/h4-6,9H,1-3,7-8,14H2,(H,15,17). The lowest BCUT2D eigenvalue weighted by Crippen LogP contribution is -2.52. The molecule has 19 heavy (non-hydrogen) atoms. The molecule has 1 aromatic rings. The van der Waals surface area contributed by atoms with Crippen molar-refractivity contribution in [1.29, 1.82) is 0 Å². The molecule has 0 unspecified atom stereocenters. The number of carbonyl (C=O) groups excluding carboxylic acids is 1. The Morgan fingerprint density at radius 1 is 1.32 bits per heavy atom. The number of hydrogen-bond acceptors (Lipinski definition) is 4.